The first-order valence-corrected chi connectivity index (χ1v) is 11.8. The fourth-order valence-electron chi connectivity index (χ4n) is 2.84. The van der Waals surface area contributed by atoms with Crippen molar-refractivity contribution in [2.75, 3.05) is 6.61 Å². The maximum Gasteiger partial charge on any atom is 0.308 e. The summed E-state index contributed by atoms with van der Waals surface area (Å²) in [6.07, 6.45) is 4.38. The minimum Gasteiger partial charge on any atom is -0.465 e. The highest BCUT2D eigenvalue weighted by Crippen LogP contribution is 2.30. The van der Waals surface area contributed by atoms with Gasteiger partial charge in [0.1, 0.15) is 0 Å². The Kier molecular flexibility index (Phi) is 10.4. The number of carbonyl (C=O) groups is 1. The molecule has 0 bridgehead atoms. The molecule has 0 saturated carbocycles. The Bertz CT molecular complexity index is 848. The maximum atomic E-state index is 11.7. The van der Waals surface area contributed by atoms with Gasteiger partial charge in [-0.25, -0.2) is 0 Å². The molecule has 0 radical (unpaired) electrons. The van der Waals surface area contributed by atoms with Crippen LogP contribution in [0.3, 0.4) is 0 Å². The fourth-order valence-corrected chi connectivity index (χ4v) is 2.84. The van der Waals surface area contributed by atoms with E-state index in [1.807, 2.05) is 13.8 Å². The lowest BCUT2D eigenvalue weighted by atomic mass is 9.81. The average molecular weight is 437 g/mol. The SMILES string of the molecule is CC(C)C.Cc1ccc(-c2ccc(C(C)(C)/C=C/C(C)(C)COC(=O)C(C)C)cc2)cc1. The molecule has 0 saturated heterocycles. The van der Waals surface area contributed by atoms with Crippen molar-refractivity contribution in [3.8, 4) is 11.1 Å². The number of benzene rings is 2. The monoisotopic (exact) mass is 436 g/mol. The van der Waals surface area contributed by atoms with E-state index in [-0.39, 0.29) is 22.7 Å². The van der Waals surface area contributed by atoms with E-state index >= 15 is 0 Å². The number of esters is 1. The minimum atomic E-state index is -0.205. The van der Waals surface area contributed by atoms with Crippen LogP contribution in [-0.2, 0) is 14.9 Å². The van der Waals surface area contributed by atoms with Crippen LogP contribution in [0.15, 0.2) is 60.7 Å². The van der Waals surface area contributed by atoms with Gasteiger partial charge in [-0.2, -0.15) is 0 Å². The van der Waals surface area contributed by atoms with Crippen molar-refractivity contribution >= 4 is 5.97 Å². The summed E-state index contributed by atoms with van der Waals surface area (Å²) in [7, 11) is 0. The van der Waals surface area contributed by atoms with Gasteiger partial charge in [-0.05, 0) is 29.5 Å². The minimum absolute atomic E-state index is 0.0942. The number of hydrogen-bond acceptors (Lipinski definition) is 2. The van der Waals surface area contributed by atoms with Crippen LogP contribution in [0.5, 0.6) is 0 Å². The number of ether oxygens (including phenoxy) is 1. The van der Waals surface area contributed by atoms with E-state index in [1.54, 1.807) is 0 Å². The number of allylic oxidation sites excluding steroid dienone is 1. The molecule has 0 N–H and O–H groups in total. The van der Waals surface area contributed by atoms with Gasteiger partial charge in [0.2, 0.25) is 0 Å². The summed E-state index contributed by atoms with van der Waals surface area (Å²) in [5, 5.41) is 0. The molecule has 176 valence electrons. The van der Waals surface area contributed by atoms with E-state index in [9.17, 15) is 4.79 Å². The van der Waals surface area contributed by atoms with Crippen molar-refractivity contribution in [2.24, 2.45) is 17.3 Å². The van der Waals surface area contributed by atoms with E-state index in [1.165, 1.54) is 22.3 Å². The molecule has 0 unspecified atom stereocenters. The summed E-state index contributed by atoms with van der Waals surface area (Å²) < 4.78 is 5.42. The molecule has 0 amide bonds. The first-order valence-electron chi connectivity index (χ1n) is 11.8. The van der Waals surface area contributed by atoms with Crippen LogP contribution in [0.25, 0.3) is 11.1 Å². The van der Waals surface area contributed by atoms with Crippen molar-refractivity contribution in [1.82, 2.24) is 0 Å². The molecule has 0 aromatic heterocycles. The van der Waals surface area contributed by atoms with Crippen molar-refractivity contribution < 1.29 is 9.53 Å². The van der Waals surface area contributed by atoms with Crippen molar-refractivity contribution in [3.05, 3.63) is 71.8 Å². The van der Waals surface area contributed by atoms with Gasteiger partial charge >= 0.3 is 5.97 Å². The maximum absolute atomic E-state index is 11.7. The van der Waals surface area contributed by atoms with Crippen LogP contribution in [0, 0.1) is 24.2 Å². The van der Waals surface area contributed by atoms with Crippen molar-refractivity contribution in [1.29, 1.82) is 0 Å². The molecular formula is C30H44O2. The topological polar surface area (TPSA) is 26.3 Å². The van der Waals surface area contributed by atoms with E-state index in [0.29, 0.717) is 6.61 Å². The summed E-state index contributed by atoms with van der Waals surface area (Å²) in [5.74, 6) is 0.593. The molecule has 0 heterocycles. The number of carbonyl (C=O) groups excluding carboxylic acids is 1. The van der Waals surface area contributed by atoms with Gasteiger partial charge in [-0.3, -0.25) is 4.79 Å². The zero-order valence-corrected chi connectivity index (χ0v) is 22.0. The van der Waals surface area contributed by atoms with Gasteiger partial charge in [-0.1, -0.05) is 129 Å². The normalized spacial score (nSPS) is 12.1. The van der Waals surface area contributed by atoms with E-state index in [2.05, 4.69) is 116 Å². The second kappa shape index (κ2) is 12.0. The molecule has 32 heavy (non-hydrogen) atoms. The summed E-state index contributed by atoms with van der Waals surface area (Å²) in [6.45, 7) is 21.3. The lowest BCUT2D eigenvalue weighted by Crippen LogP contribution is -2.23. The van der Waals surface area contributed by atoms with E-state index < -0.39 is 0 Å². The molecular weight excluding hydrogens is 392 g/mol. The zero-order valence-electron chi connectivity index (χ0n) is 22.0. The molecule has 0 aliphatic heterocycles. The Morgan fingerprint density at radius 1 is 0.812 bits per heavy atom. The third-order valence-electron chi connectivity index (χ3n) is 5.02. The Hall–Kier alpha value is -2.35. The smallest absolute Gasteiger partial charge is 0.308 e. The molecule has 2 nitrogen and oxygen atoms in total. The van der Waals surface area contributed by atoms with Gasteiger partial charge in [-0.15, -0.1) is 0 Å². The predicted molar refractivity (Wildman–Crippen MR) is 139 cm³/mol. The van der Waals surface area contributed by atoms with Crippen LogP contribution < -0.4 is 0 Å². The van der Waals surface area contributed by atoms with Crippen LogP contribution in [0.2, 0.25) is 0 Å². The summed E-state index contributed by atoms with van der Waals surface area (Å²) in [5.41, 5.74) is 4.68. The molecule has 0 spiro atoms. The van der Waals surface area contributed by atoms with E-state index in [0.717, 1.165) is 5.92 Å². The highest BCUT2D eigenvalue weighted by molar-refractivity contribution is 5.71. The van der Waals surface area contributed by atoms with Crippen LogP contribution in [0.1, 0.15) is 73.4 Å². The number of rotatable bonds is 7. The predicted octanol–water partition coefficient (Wildman–Crippen LogP) is 8.38. The lowest BCUT2D eigenvalue weighted by molar-refractivity contribution is -0.149. The van der Waals surface area contributed by atoms with Gasteiger partial charge in [0.05, 0.1) is 12.5 Å². The molecule has 2 heteroatoms. The zero-order chi connectivity index (χ0) is 24.5. The molecule has 0 aliphatic carbocycles. The standard InChI is InChI=1S/C26H34O2.C4H10/c1-19(2)24(27)28-18-25(4,5)16-17-26(6,7)23-14-12-22(13-15-23)21-10-8-20(3)9-11-21;1-4(2)3/h8-17,19H,18H2,1-7H3;4H,1-3H3/b17-16+;. The number of hydrogen-bond donors (Lipinski definition) is 0. The second-order valence-corrected chi connectivity index (χ2v) is 11.0. The van der Waals surface area contributed by atoms with Crippen LogP contribution >= 0.6 is 0 Å². The lowest BCUT2D eigenvalue weighted by Gasteiger charge is -2.26. The Morgan fingerprint density at radius 2 is 1.25 bits per heavy atom. The van der Waals surface area contributed by atoms with Gasteiger partial charge in [0.25, 0.3) is 0 Å². The fraction of sp³-hybridized carbons (Fsp3) is 0.500. The Morgan fingerprint density at radius 3 is 1.69 bits per heavy atom. The molecule has 0 fully saturated rings. The molecule has 2 aromatic carbocycles. The highest BCUT2D eigenvalue weighted by atomic mass is 16.5. The molecule has 0 aliphatic rings. The Labute approximate surface area is 197 Å². The van der Waals surface area contributed by atoms with Crippen LogP contribution in [0.4, 0.5) is 0 Å². The highest BCUT2D eigenvalue weighted by Gasteiger charge is 2.22. The van der Waals surface area contributed by atoms with Crippen LogP contribution in [-0.4, -0.2) is 12.6 Å². The summed E-state index contributed by atoms with van der Waals surface area (Å²) >= 11 is 0. The van der Waals surface area contributed by atoms with Gasteiger partial charge in [0, 0.05) is 10.8 Å². The largest absolute Gasteiger partial charge is 0.465 e. The second-order valence-electron chi connectivity index (χ2n) is 11.0. The molecule has 2 rings (SSSR count). The summed E-state index contributed by atoms with van der Waals surface area (Å²) in [4.78, 5) is 11.7. The third kappa shape index (κ3) is 9.85. The van der Waals surface area contributed by atoms with Crippen molar-refractivity contribution in [2.45, 2.75) is 74.7 Å². The first-order chi connectivity index (χ1) is 14.7. The van der Waals surface area contributed by atoms with E-state index in [4.69, 9.17) is 4.74 Å². The summed E-state index contributed by atoms with van der Waals surface area (Å²) in [6, 6.07) is 17.4. The molecule has 2 aromatic rings. The molecule has 0 atom stereocenters. The quantitative estimate of drug-likeness (QED) is 0.322. The van der Waals surface area contributed by atoms with Crippen molar-refractivity contribution in [3.63, 3.8) is 0 Å². The first kappa shape index (κ1) is 27.7. The van der Waals surface area contributed by atoms with Gasteiger partial charge in [0.15, 0.2) is 0 Å². The third-order valence-corrected chi connectivity index (χ3v) is 5.02. The average Bonchev–Trinajstić information content (AvgIpc) is 2.71. The number of aryl methyl sites for hydroxylation is 1. The Balaban J connectivity index is 0.00000118. The van der Waals surface area contributed by atoms with Gasteiger partial charge < -0.3 is 4.74 Å².